The molecule has 2 nitrogen and oxygen atoms in total. The minimum Gasteiger partial charge on any atom is -0.300 e. The van der Waals surface area contributed by atoms with Crippen LogP contribution in [0, 0.1) is 11.3 Å². The number of benzene rings is 1. The number of hydrogen-bond acceptors (Lipinski definition) is 2. The van der Waals surface area contributed by atoms with E-state index in [1.807, 2.05) is 6.08 Å². The standard InChI is InChI=1S/C16H17F3N2/c1-2-8-21-9-6-12(7-10-21)13-4-3-5-15(14(13)11-20)16(17,18)19/h2-5,12H,1,6-10H2. The maximum absolute atomic E-state index is 13.0. The highest BCUT2D eigenvalue weighted by molar-refractivity contribution is 5.47. The van der Waals surface area contributed by atoms with Crippen LogP contribution < -0.4 is 0 Å². The second-order valence-corrected chi connectivity index (χ2v) is 5.24. The van der Waals surface area contributed by atoms with Crippen LogP contribution in [0.1, 0.15) is 35.4 Å². The molecule has 1 aromatic carbocycles. The van der Waals surface area contributed by atoms with Crippen LogP contribution in [0.15, 0.2) is 30.9 Å². The van der Waals surface area contributed by atoms with Crippen LogP contribution in [0.4, 0.5) is 13.2 Å². The van der Waals surface area contributed by atoms with E-state index in [1.54, 1.807) is 12.1 Å². The van der Waals surface area contributed by atoms with Gasteiger partial charge in [0.05, 0.1) is 11.1 Å². The van der Waals surface area contributed by atoms with Crippen molar-refractivity contribution in [3.63, 3.8) is 0 Å². The Morgan fingerprint density at radius 2 is 2.00 bits per heavy atom. The first-order chi connectivity index (χ1) is 9.97. The van der Waals surface area contributed by atoms with Crippen LogP contribution in [0.2, 0.25) is 0 Å². The Morgan fingerprint density at radius 1 is 1.33 bits per heavy atom. The summed E-state index contributed by atoms with van der Waals surface area (Å²) in [5.41, 5.74) is -0.506. The third-order valence-electron chi connectivity index (χ3n) is 3.93. The number of piperidine rings is 1. The largest absolute Gasteiger partial charge is 0.417 e. The van der Waals surface area contributed by atoms with Crippen molar-refractivity contribution in [1.29, 1.82) is 5.26 Å². The van der Waals surface area contributed by atoms with E-state index >= 15 is 0 Å². The number of halogens is 3. The van der Waals surface area contributed by atoms with Gasteiger partial charge in [-0.25, -0.2) is 0 Å². The molecule has 0 amide bonds. The van der Waals surface area contributed by atoms with E-state index in [0.717, 1.165) is 38.5 Å². The van der Waals surface area contributed by atoms with Crippen molar-refractivity contribution in [3.8, 4) is 6.07 Å². The molecule has 0 aliphatic carbocycles. The molecule has 0 N–H and O–H groups in total. The Balaban J connectivity index is 2.26. The van der Waals surface area contributed by atoms with E-state index in [4.69, 9.17) is 5.26 Å². The minimum atomic E-state index is -4.48. The highest BCUT2D eigenvalue weighted by atomic mass is 19.4. The van der Waals surface area contributed by atoms with Crippen molar-refractivity contribution < 1.29 is 13.2 Å². The van der Waals surface area contributed by atoms with Crippen LogP contribution in [-0.4, -0.2) is 24.5 Å². The van der Waals surface area contributed by atoms with Gasteiger partial charge in [-0.3, -0.25) is 4.90 Å². The summed E-state index contributed by atoms with van der Waals surface area (Å²) >= 11 is 0. The number of alkyl halides is 3. The van der Waals surface area contributed by atoms with Gasteiger partial charge in [0.25, 0.3) is 0 Å². The second-order valence-electron chi connectivity index (χ2n) is 5.24. The normalized spacial score (nSPS) is 17.4. The summed E-state index contributed by atoms with van der Waals surface area (Å²) in [6.45, 7) is 6.11. The molecule has 0 atom stereocenters. The van der Waals surface area contributed by atoms with Gasteiger partial charge in [0, 0.05) is 6.54 Å². The molecule has 1 fully saturated rings. The lowest BCUT2D eigenvalue weighted by atomic mass is 9.85. The van der Waals surface area contributed by atoms with Gasteiger partial charge in [0.2, 0.25) is 0 Å². The average Bonchev–Trinajstić information content (AvgIpc) is 2.46. The molecule has 5 heteroatoms. The van der Waals surface area contributed by atoms with Crippen LogP contribution in [0.3, 0.4) is 0 Å². The first kappa shape index (κ1) is 15.6. The van der Waals surface area contributed by atoms with E-state index < -0.39 is 11.7 Å². The van der Waals surface area contributed by atoms with Gasteiger partial charge in [-0.05, 0) is 43.5 Å². The molecule has 2 rings (SSSR count). The predicted molar refractivity (Wildman–Crippen MR) is 74.8 cm³/mol. The highest BCUT2D eigenvalue weighted by Crippen LogP contribution is 2.37. The van der Waals surface area contributed by atoms with Crippen molar-refractivity contribution in [3.05, 3.63) is 47.5 Å². The van der Waals surface area contributed by atoms with Crippen molar-refractivity contribution in [2.45, 2.75) is 24.9 Å². The highest BCUT2D eigenvalue weighted by Gasteiger charge is 2.35. The first-order valence-corrected chi connectivity index (χ1v) is 6.90. The maximum atomic E-state index is 13.0. The quantitative estimate of drug-likeness (QED) is 0.789. The van der Waals surface area contributed by atoms with Crippen LogP contribution in [-0.2, 0) is 6.18 Å². The molecule has 0 bridgehead atoms. The number of nitrogens with zero attached hydrogens (tertiary/aromatic N) is 2. The molecule has 1 aromatic rings. The van der Waals surface area contributed by atoms with E-state index in [-0.39, 0.29) is 11.5 Å². The lowest BCUT2D eigenvalue weighted by Crippen LogP contribution is -2.33. The van der Waals surface area contributed by atoms with Gasteiger partial charge in [0.1, 0.15) is 6.07 Å². The third-order valence-corrected chi connectivity index (χ3v) is 3.93. The molecule has 1 aliphatic rings. The summed E-state index contributed by atoms with van der Waals surface area (Å²) in [5, 5.41) is 9.16. The van der Waals surface area contributed by atoms with Gasteiger partial charge in [0.15, 0.2) is 0 Å². The van der Waals surface area contributed by atoms with E-state index in [2.05, 4.69) is 11.5 Å². The Bertz CT molecular complexity index is 550. The van der Waals surface area contributed by atoms with Crippen molar-refractivity contribution >= 4 is 0 Å². The van der Waals surface area contributed by atoms with Crippen molar-refractivity contribution in [1.82, 2.24) is 4.90 Å². The van der Waals surface area contributed by atoms with E-state index in [0.29, 0.717) is 5.56 Å². The van der Waals surface area contributed by atoms with Crippen LogP contribution >= 0.6 is 0 Å². The third kappa shape index (κ3) is 3.45. The monoisotopic (exact) mass is 294 g/mol. The lowest BCUT2D eigenvalue weighted by Gasteiger charge is -2.32. The zero-order chi connectivity index (χ0) is 15.5. The van der Waals surface area contributed by atoms with E-state index in [9.17, 15) is 13.2 Å². The van der Waals surface area contributed by atoms with Gasteiger partial charge >= 0.3 is 6.18 Å². The molecule has 0 spiro atoms. The Kier molecular flexibility index (Phi) is 4.69. The van der Waals surface area contributed by atoms with Gasteiger partial charge in [-0.2, -0.15) is 18.4 Å². The Labute approximate surface area is 122 Å². The molecule has 1 aliphatic heterocycles. The molecule has 112 valence electrons. The predicted octanol–water partition coefficient (Wildman–Crippen LogP) is 3.94. The summed E-state index contributed by atoms with van der Waals surface area (Å²) in [7, 11) is 0. The summed E-state index contributed by atoms with van der Waals surface area (Å²) < 4.78 is 38.9. The number of nitriles is 1. The van der Waals surface area contributed by atoms with Gasteiger partial charge in [-0.15, -0.1) is 6.58 Å². The molecular formula is C16H17F3N2. The summed E-state index contributed by atoms with van der Waals surface area (Å²) in [6, 6.07) is 5.79. The zero-order valence-corrected chi connectivity index (χ0v) is 11.7. The summed E-state index contributed by atoms with van der Waals surface area (Å²) in [4.78, 5) is 2.21. The average molecular weight is 294 g/mol. The number of rotatable bonds is 3. The van der Waals surface area contributed by atoms with Crippen LogP contribution in [0.5, 0.6) is 0 Å². The molecule has 1 heterocycles. The fraction of sp³-hybridized carbons (Fsp3) is 0.438. The molecule has 1 saturated heterocycles. The van der Waals surface area contributed by atoms with Crippen LogP contribution in [0.25, 0.3) is 0 Å². The fourth-order valence-corrected chi connectivity index (χ4v) is 2.88. The second kappa shape index (κ2) is 6.31. The molecule has 0 unspecified atom stereocenters. The topological polar surface area (TPSA) is 27.0 Å². The molecule has 21 heavy (non-hydrogen) atoms. The smallest absolute Gasteiger partial charge is 0.300 e. The molecule has 0 saturated carbocycles. The number of likely N-dealkylation sites (tertiary alicyclic amines) is 1. The summed E-state index contributed by atoms with van der Waals surface area (Å²) in [6.07, 6.45) is -1.12. The fourth-order valence-electron chi connectivity index (χ4n) is 2.88. The van der Waals surface area contributed by atoms with Crippen molar-refractivity contribution in [2.75, 3.05) is 19.6 Å². The zero-order valence-electron chi connectivity index (χ0n) is 11.7. The molecular weight excluding hydrogens is 277 g/mol. The van der Waals surface area contributed by atoms with Crippen molar-refractivity contribution in [2.24, 2.45) is 0 Å². The lowest BCUT2D eigenvalue weighted by molar-refractivity contribution is -0.137. The Hall–Kier alpha value is -1.80. The Morgan fingerprint density at radius 3 is 2.52 bits per heavy atom. The molecule has 0 aromatic heterocycles. The van der Waals surface area contributed by atoms with Gasteiger partial charge in [-0.1, -0.05) is 18.2 Å². The minimum absolute atomic E-state index is 0.0167. The maximum Gasteiger partial charge on any atom is 0.417 e. The van der Waals surface area contributed by atoms with E-state index in [1.165, 1.54) is 6.07 Å². The SMILES string of the molecule is C=CCN1CCC(c2cccc(C(F)(F)F)c2C#N)CC1. The van der Waals surface area contributed by atoms with Gasteiger partial charge < -0.3 is 0 Å². The first-order valence-electron chi connectivity index (χ1n) is 6.90. The summed E-state index contributed by atoms with van der Waals surface area (Å²) in [5.74, 6) is 0.0167. The molecule has 0 radical (unpaired) electrons. The number of hydrogen-bond donors (Lipinski definition) is 0.